The number of rotatable bonds is 7. The second kappa shape index (κ2) is 10.2. The zero-order valence-corrected chi connectivity index (χ0v) is 19.5. The van der Waals surface area contributed by atoms with Gasteiger partial charge in [-0.1, -0.05) is 29.8 Å². The smallest absolute Gasteiger partial charge is 0.416 e. The Kier molecular flexibility index (Phi) is 7.49. The standard InChI is InChI=1S/C24H21F3N2O5S/c1-16-9-11-21(12-10-16)35(32,33)29(20-8-4-6-18(14-20)24(25,26)27)15-22(30)28-19-7-3-5-17(13-19)23(31)34-2/h3-14H,15H2,1-2H3,(H,28,30). The minimum Gasteiger partial charge on any atom is -0.465 e. The molecule has 0 unspecified atom stereocenters. The molecule has 3 rings (SSSR count). The molecule has 0 atom stereocenters. The fraction of sp³-hybridized carbons (Fsp3) is 0.167. The molecule has 0 aromatic heterocycles. The number of aryl methyl sites for hydroxylation is 1. The van der Waals surface area contributed by atoms with Gasteiger partial charge >= 0.3 is 12.1 Å². The van der Waals surface area contributed by atoms with Crippen molar-refractivity contribution >= 4 is 33.3 Å². The van der Waals surface area contributed by atoms with Crippen LogP contribution >= 0.6 is 0 Å². The molecule has 184 valence electrons. The summed E-state index contributed by atoms with van der Waals surface area (Å²) < 4.78 is 71.9. The van der Waals surface area contributed by atoms with E-state index < -0.39 is 40.2 Å². The molecule has 3 aromatic rings. The lowest BCUT2D eigenvalue weighted by Crippen LogP contribution is -2.38. The predicted octanol–water partition coefficient (Wildman–Crippen LogP) is 4.63. The molecule has 35 heavy (non-hydrogen) atoms. The second-order valence-electron chi connectivity index (χ2n) is 7.49. The number of nitrogens with one attached hydrogen (secondary N) is 1. The fourth-order valence-corrected chi connectivity index (χ4v) is 4.58. The van der Waals surface area contributed by atoms with Gasteiger partial charge in [0.15, 0.2) is 0 Å². The van der Waals surface area contributed by atoms with Crippen LogP contribution in [-0.4, -0.2) is 33.9 Å². The fourth-order valence-electron chi connectivity index (χ4n) is 3.16. The van der Waals surface area contributed by atoms with E-state index in [-0.39, 0.29) is 21.8 Å². The highest BCUT2D eigenvalue weighted by Gasteiger charge is 2.33. The van der Waals surface area contributed by atoms with E-state index >= 15 is 0 Å². The van der Waals surface area contributed by atoms with Gasteiger partial charge in [-0.15, -0.1) is 0 Å². The van der Waals surface area contributed by atoms with Gasteiger partial charge in [-0.2, -0.15) is 13.2 Å². The Morgan fingerprint density at radius 1 is 0.971 bits per heavy atom. The van der Waals surface area contributed by atoms with Gasteiger partial charge in [0.2, 0.25) is 5.91 Å². The van der Waals surface area contributed by atoms with Crippen molar-refractivity contribution in [2.75, 3.05) is 23.3 Å². The Bertz CT molecular complexity index is 1340. The highest BCUT2D eigenvalue weighted by atomic mass is 32.2. The zero-order chi connectivity index (χ0) is 25.8. The molecule has 1 amide bonds. The van der Waals surface area contributed by atoms with Crippen LogP contribution in [-0.2, 0) is 25.7 Å². The molecular formula is C24H21F3N2O5S. The third kappa shape index (κ3) is 6.18. The number of benzene rings is 3. The molecule has 1 N–H and O–H groups in total. The van der Waals surface area contributed by atoms with Gasteiger partial charge in [-0.25, -0.2) is 13.2 Å². The van der Waals surface area contributed by atoms with Crippen LogP contribution in [0, 0.1) is 6.92 Å². The van der Waals surface area contributed by atoms with Gasteiger partial charge < -0.3 is 10.1 Å². The molecule has 0 fully saturated rings. The number of hydrogen-bond donors (Lipinski definition) is 1. The van der Waals surface area contributed by atoms with E-state index in [1.807, 2.05) is 0 Å². The minimum atomic E-state index is -4.72. The van der Waals surface area contributed by atoms with Crippen molar-refractivity contribution in [3.8, 4) is 0 Å². The Labute approximate surface area is 200 Å². The average molecular weight is 507 g/mol. The van der Waals surface area contributed by atoms with Gasteiger partial charge in [-0.3, -0.25) is 9.10 Å². The number of esters is 1. The third-order valence-electron chi connectivity index (χ3n) is 4.93. The monoisotopic (exact) mass is 506 g/mol. The van der Waals surface area contributed by atoms with E-state index in [4.69, 9.17) is 0 Å². The summed E-state index contributed by atoms with van der Waals surface area (Å²) in [6.45, 7) is 0.927. The molecule has 0 radical (unpaired) electrons. The lowest BCUT2D eigenvalue weighted by atomic mass is 10.2. The first-order valence-corrected chi connectivity index (χ1v) is 11.6. The van der Waals surface area contributed by atoms with Crippen LogP contribution in [0.3, 0.4) is 0 Å². The highest BCUT2D eigenvalue weighted by molar-refractivity contribution is 7.92. The maximum Gasteiger partial charge on any atom is 0.416 e. The molecule has 0 aliphatic heterocycles. The normalized spacial score (nSPS) is 11.6. The van der Waals surface area contributed by atoms with E-state index in [0.717, 1.165) is 17.7 Å². The molecule has 7 nitrogen and oxygen atoms in total. The van der Waals surface area contributed by atoms with E-state index in [0.29, 0.717) is 10.4 Å². The summed E-state index contributed by atoms with van der Waals surface area (Å²) in [4.78, 5) is 24.3. The number of methoxy groups -OCH3 is 1. The average Bonchev–Trinajstić information content (AvgIpc) is 2.82. The molecule has 0 saturated heterocycles. The number of carbonyl (C=O) groups is 2. The Hall–Kier alpha value is -3.86. The van der Waals surface area contributed by atoms with Crippen LogP contribution in [0.2, 0.25) is 0 Å². The van der Waals surface area contributed by atoms with Crippen molar-refractivity contribution in [1.29, 1.82) is 0 Å². The van der Waals surface area contributed by atoms with Gasteiger partial charge in [0, 0.05) is 5.69 Å². The summed E-state index contributed by atoms with van der Waals surface area (Å²) in [6.07, 6.45) is -4.72. The maximum absolute atomic E-state index is 13.4. The van der Waals surface area contributed by atoms with Crippen LogP contribution in [0.15, 0.2) is 77.7 Å². The SMILES string of the molecule is COC(=O)c1cccc(NC(=O)CN(c2cccc(C(F)(F)F)c2)S(=O)(=O)c2ccc(C)cc2)c1. The first-order valence-electron chi connectivity index (χ1n) is 10.2. The zero-order valence-electron chi connectivity index (χ0n) is 18.7. The Balaban J connectivity index is 1.98. The van der Waals surface area contributed by atoms with Gasteiger partial charge in [-0.05, 0) is 55.5 Å². The van der Waals surface area contributed by atoms with E-state index in [1.54, 1.807) is 6.92 Å². The topological polar surface area (TPSA) is 92.8 Å². The number of ether oxygens (including phenoxy) is 1. The van der Waals surface area contributed by atoms with Crippen molar-refractivity contribution in [3.05, 3.63) is 89.5 Å². The number of anilines is 2. The summed E-state index contributed by atoms with van der Waals surface area (Å²) >= 11 is 0. The molecular weight excluding hydrogens is 485 g/mol. The summed E-state index contributed by atoms with van der Waals surface area (Å²) in [5.74, 6) is -1.48. The summed E-state index contributed by atoms with van der Waals surface area (Å²) in [5.41, 5.74) is -0.302. The van der Waals surface area contributed by atoms with Crippen LogP contribution in [0.4, 0.5) is 24.5 Å². The molecule has 0 saturated carbocycles. The first kappa shape index (κ1) is 25.8. The number of alkyl halides is 3. The third-order valence-corrected chi connectivity index (χ3v) is 6.71. The molecule has 0 heterocycles. The van der Waals surface area contributed by atoms with Crippen molar-refractivity contribution in [2.45, 2.75) is 18.0 Å². The van der Waals surface area contributed by atoms with Crippen LogP contribution in [0.25, 0.3) is 0 Å². The van der Waals surface area contributed by atoms with Gasteiger partial charge in [0.05, 0.1) is 28.8 Å². The maximum atomic E-state index is 13.4. The van der Waals surface area contributed by atoms with Crippen molar-refractivity contribution < 1.29 is 35.9 Å². The number of sulfonamides is 1. The second-order valence-corrected chi connectivity index (χ2v) is 9.36. The first-order chi connectivity index (χ1) is 16.4. The lowest BCUT2D eigenvalue weighted by Gasteiger charge is -2.25. The molecule has 0 bridgehead atoms. The summed E-state index contributed by atoms with van der Waals surface area (Å²) in [7, 11) is -3.22. The highest BCUT2D eigenvalue weighted by Crippen LogP contribution is 2.33. The molecule has 3 aromatic carbocycles. The van der Waals surface area contributed by atoms with Gasteiger partial charge in [0.25, 0.3) is 10.0 Å². The minimum absolute atomic E-state index is 0.146. The number of nitrogens with zero attached hydrogens (tertiary/aromatic N) is 1. The number of carbonyl (C=O) groups excluding carboxylic acids is 2. The molecule has 0 aliphatic carbocycles. The molecule has 11 heteroatoms. The van der Waals surface area contributed by atoms with Crippen molar-refractivity contribution in [2.24, 2.45) is 0 Å². The lowest BCUT2D eigenvalue weighted by molar-refractivity contribution is -0.137. The molecule has 0 aliphatic rings. The summed E-state index contributed by atoms with van der Waals surface area (Å²) in [5, 5.41) is 2.46. The van der Waals surface area contributed by atoms with Crippen LogP contribution in [0.5, 0.6) is 0 Å². The van der Waals surface area contributed by atoms with E-state index in [2.05, 4.69) is 10.1 Å². The van der Waals surface area contributed by atoms with Crippen molar-refractivity contribution in [1.82, 2.24) is 0 Å². The van der Waals surface area contributed by atoms with Crippen LogP contribution in [0.1, 0.15) is 21.5 Å². The largest absolute Gasteiger partial charge is 0.465 e. The van der Waals surface area contributed by atoms with Crippen molar-refractivity contribution in [3.63, 3.8) is 0 Å². The Morgan fingerprint density at radius 3 is 2.26 bits per heavy atom. The Morgan fingerprint density at radius 2 is 1.63 bits per heavy atom. The van der Waals surface area contributed by atoms with E-state index in [9.17, 15) is 31.2 Å². The predicted molar refractivity (Wildman–Crippen MR) is 124 cm³/mol. The number of halogens is 3. The van der Waals surface area contributed by atoms with Crippen LogP contribution < -0.4 is 9.62 Å². The van der Waals surface area contributed by atoms with E-state index in [1.165, 1.54) is 61.7 Å². The molecule has 0 spiro atoms. The number of hydrogen-bond acceptors (Lipinski definition) is 5. The quantitative estimate of drug-likeness (QED) is 0.472. The number of amides is 1. The summed E-state index contributed by atoms with van der Waals surface area (Å²) in [6, 6.07) is 15.1. The van der Waals surface area contributed by atoms with Gasteiger partial charge in [0.1, 0.15) is 6.54 Å².